The van der Waals surface area contributed by atoms with Gasteiger partial charge in [0.1, 0.15) is 18.0 Å². The normalized spacial score (nSPS) is 10.8. The molecule has 0 amide bonds. The Kier molecular flexibility index (Phi) is 4.79. The first-order valence-electron chi connectivity index (χ1n) is 6.66. The lowest BCUT2D eigenvalue weighted by molar-refractivity contribution is 0.847. The molecule has 4 nitrogen and oxygen atoms in total. The van der Waals surface area contributed by atoms with Gasteiger partial charge in [0.25, 0.3) is 0 Å². The molecule has 106 valence electrons. The van der Waals surface area contributed by atoms with Gasteiger partial charge in [0, 0.05) is 17.1 Å². The van der Waals surface area contributed by atoms with Gasteiger partial charge in [0.15, 0.2) is 0 Å². The van der Waals surface area contributed by atoms with E-state index < -0.39 is 0 Å². The average Bonchev–Trinajstić information content (AvgIpc) is 2.40. The number of rotatable bonds is 5. The molecule has 0 bridgehead atoms. The molecule has 0 unspecified atom stereocenters. The smallest absolute Gasteiger partial charge is 0.134 e. The molecule has 1 heterocycles. The number of hydrogen-bond acceptors (Lipinski definition) is 4. The second-order valence-electron chi connectivity index (χ2n) is 4.98. The molecular formula is C15H19ClN4. The van der Waals surface area contributed by atoms with Crippen molar-refractivity contribution >= 4 is 23.2 Å². The van der Waals surface area contributed by atoms with Crippen molar-refractivity contribution in [3.8, 4) is 0 Å². The minimum atomic E-state index is 0.286. The number of nitrogens with zero attached hydrogens (tertiary/aromatic N) is 2. The number of anilines is 2. The third-order valence-corrected chi connectivity index (χ3v) is 3.36. The quantitative estimate of drug-likeness (QED) is 0.885. The highest BCUT2D eigenvalue weighted by Crippen LogP contribution is 2.26. The fourth-order valence-electron chi connectivity index (χ4n) is 2.10. The van der Waals surface area contributed by atoms with Gasteiger partial charge in [-0.15, -0.1) is 0 Å². The van der Waals surface area contributed by atoms with Crippen LogP contribution in [-0.4, -0.2) is 16.5 Å². The Bertz CT molecular complexity index is 567. The number of benzene rings is 1. The van der Waals surface area contributed by atoms with E-state index in [2.05, 4.69) is 29.1 Å². The van der Waals surface area contributed by atoms with E-state index in [0.717, 1.165) is 29.4 Å². The monoisotopic (exact) mass is 290 g/mol. The Morgan fingerprint density at radius 2 is 1.90 bits per heavy atom. The molecule has 2 rings (SSSR count). The minimum absolute atomic E-state index is 0.286. The van der Waals surface area contributed by atoms with Crippen molar-refractivity contribution in [2.24, 2.45) is 0 Å². The first kappa shape index (κ1) is 14.6. The van der Waals surface area contributed by atoms with Crippen LogP contribution in [0, 0.1) is 0 Å². The summed E-state index contributed by atoms with van der Waals surface area (Å²) in [5, 5.41) is 4.09. The molecule has 0 aliphatic heterocycles. The number of aromatic nitrogens is 2. The lowest BCUT2D eigenvalue weighted by atomic mass is 10.0. The molecule has 0 fully saturated rings. The van der Waals surface area contributed by atoms with Gasteiger partial charge in [0.05, 0.1) is 0 Å². The highest BCUT2D eigenvalue weighted by Gasteiger charge is 2.12. The number of nitrogens with one attached hydrogen (secondary N) is 1. The number of hydrogen-bond donors (Lipinski definition) is 2. The summed E-state index contributed by atoms with van der Waals surface area (Å²) < 4.78 is 0. The molecule has 2 aromatic rings. The summed E-state index contributed by atoms with van der Waals surface area (Å²) in [5.74, 6) is 1.65. The van der Waals surface area contributed by atoms with Gasteiger partial charge in [-0.05, 0) is 30.0 Å². The van der Waals surface area contributed by atoms with Crippen LogP contribution < -0.4 is 11.1 Å². The van der Waals surface area contributed by atoms with Crippen molar-refractivity contribution in [3.05, 3.63) is 46.7 Å². The van der Waals surface area contributed by atoms with Gasteiger partial charge >= 0.3 is 0 Å². The minimum Gasteiger partial charge on any atom is -0.383 e. The first-order valence-corrected chi connectivity index (χ1v) is 7.04. The standard InChI is InChI=1S/C15H19ClN4/c1-10(2)13-14(17)19-9-20-15(13)18-8-7-11-3-5-12(16)6-4-11/h3-6,9-10H,7-8H2,1-2H3,(H3,17,18,19,20). The van der Waals surface area contributed by atoms with Crippen LogP contribution in [0.2, 0.25) is 5.02 Å². The summed E-state index contributed by atoms with van der Waals surface area (Å²) in [7, 11) is 0. The van der Waals surface area contributed by atoms with E-state index in [1.807, 2.05) is 24.3 Å². The molecule has 0 aliphatic rings. The van der Waals surface area contributed by atoms with Gasteiger partial charge in [0.2, 0.25) is 0 Å². The van der Waals surface area contributed by atoms with Crippen molar-refractivity contribution in [1.29, 1.82) is 0 Å². The summed E-state index contributed by atoms with van der Waals surface area (Å²) >= 11 is 5.87. The molecule has 0 spiro atoms. The molecule has 1 aromatic heterocycles. The van der Waals surface area contributed by atoms with Gasteiger partial charge in [-0.2, -0.15) is 0 Å². The third-order valence-electron chi connectivity index (χ3n) is 3.11. The first-order chi connectivity index (χ1) is 9.58. The molecule has 0 radical (unpaired) electrons. The van der Waals surface area contributed by atoms with Gasteiger partial charge in [-0.1, -0.05) is 37.6 Å². The van der Waals surface area contributed by atoms with Crippen molar-refractivity contribution in [2.45, 2.75) is 26.2 Å². The van der Waals surface area contributed by atoms with Crippen LogP contribution in [0.3, 0.4) is 0 Å². The molecule has 5 heteroatoms. The molecule has 1 aromatic carbocycles. The fraction of sp³-hybridized carbons (Fsp3) is 0.333. The van der Waals surface area contributed by atoms with Crippen LogP contribution in [-0.2, 0) is 6.42 Å². The largest absolute Gasteiger partial charge is 0.383 e. The van der Waals surface area contributed by atoms with E-state index >= 15 is 0 Å². The van der Waals surface area contributed by atoms with E-state index in [4.69, 9.17) is 17.3 Å². The summed E-state index contributed by atoms with van der Waals surface area (Å²) in [6.45, 7) is 4.96. The second-order valence-corrected chi connectivity index (χ2v) is 5.42. The zero-order valence-corrected chi connectivity index (χ0v) is 12.5. The van der Waals surface area contributed by atoms with Gasteiger partial charge in [-0.3, -0.25) is 0 Å². The van der Waals surface area contributed by atoms with Crippen LogP contribution >= 0.6 is 11.6 Å². The van der Waals surface area contributed by atoms with Crippen LogP contribution in [0.5, 0.6) is 0 Å². The van der Waals surface area contributed by atoms with Crippen molar-refractivity contribution in [2.75, 3.05) is 17.6 Å². The molecule has 0 atom stereocenters. The topological polar surface area (TPSA) is 63.8 Å². The van der Waals surface area contributed by atoms with E-state index in [9.17, 15) is 0 Å². The molecule has 0 saturated carbocycles. The summed E-state index contributed by atoms with van der Waals surface area (Å²) in [6, 6.07) is 7.86. The molecule has 0 aliphatic carbocycles. The zero-order valence-electron chi connectivity index (χ0n) is 11.7. The predicted octanol–water partition coefficient (Wildman–Crippen LogP) is 3.49. The Morgan fingerprint density at radius 3 is 2.55 bits per heavy atom. The predicted molar refractivity (Wildman–Crippen MR) is 84.2 cm³/mol. The number of nitrogen functional groups attached to an aromatic ring is 1. The summed E-state index contributed by atoms with van der Waals surface area (Å²) in [6.07, 6.45) is 2.39. The fourth-order valence-corrected chi connectivity index (χ4v) is 2.22. The summed E-state index contributed by atoms with van der Waals surface area (Å²) in [4.78, 5) is 8.33. The number of halogens is 1. The van der Waals surface area contributed by atoms with E-state index in [1.165, 1.54) is 11.9 Å². The van der Waals surface area contributed by atoms with E-state index in [0.29, 0.717) is 5.82 Å². The SMILES string of the molecule is CC(C)c1c(N)ncnc1NCCc1ccc(Cl)cc1. The van der Waals surface area contributed by atoms with E-state index in [1.54, 1.807) is 0 Å². The van der Waals surface area contributed by atoms with Crippen molar-refractivity contribution in [1.82, 2.24) is 9.97 Å². The van der Waals surface area contributed by atoms with Crippen molar-refractivity contribution in [3.63, 3.8) is 0 Å². The number of nitrogens with two attached hydrogens (primary N) is 1. The maximum atomic E-state index is 5.92. The van der Waals surface area contributed by atoms with Crippen LogP contribution in [0.1, 0.15) is 30.9 Å². The Balaban J connectivity index is 2.01. The van der Waals surface area contributed by atoms with Gasteiger partial charge < -0.3 is 11.1 Å². The average molecular weight is 291 g/mol. The Labute approximate surface area is 124 Å². The van der Waals surface area contributed by atoms with Gasteiger partial charge in [-0.25, -0.2) is 9.97 Å². The Hall–Kier alpha value is -1.81. The Morgan fingerprint density at radius 1 is 1.20 bits per heavy atom. The molecule has 20 heavy (non-hydrogen) atoms. The zero-order chi connectivity index (χ0) is 14.5. The second kappa shape index (κ2) is 6.57. The van der Waals surface area contributed by atoms with Crippen LogP contribution in [0.4, 0.5) is 11.6 Å². The third kappa shape index (κ3) is 3.61. The maximum Gasteiger partial charge on any atom is 0.134 e. The lowest BCUT2D eigenvalue weighted by Gasteiger charge is -2.14. The molecular weight excluding hydrogens is 272 g/mol. The highest BCUT2D eigenvalue weighted by molar-refractivity contribution is 6.30. The summed E-state index contributed by atoms with van der Waals surface area (Å²) in [5.41, 5.74) is 8.12. The van der Waals surface area contributed by atoms with Crippen molar-refractivity contribution < 1.29 is 0 Å². The highest BCUT2D eigenvalue weighted by atomic mass is 35.5. The van der Waals surface area contributed by atoms with Crippen LogP contribution in [0.25, 0.3) is 0 Å². The maximum absolute atomic E-state index is 5.92. The van der Waals surface area contributed by atoms with E-state index in [-0.39, 0.29) is 5.92 Å². The molecule has 3 N–H and O–H groups in total. The molecule has 0 saturated heterocycles. The van der Waals surface area contributed by atoms with Crippen LogP contribution in [0.15, 0.2) is 30.6 Å². The lowest BCUT2D eigenvalue weighted by Crippen LogP contribution is -2.11.